The Morgan fingerprint density at radius 1 is 1.27 bits per heavy atom. The van der Waals surface area contributed by atoms with Crippen molar-refractivity contribution in [2.45, 2.75) is 45.1 Å². The van der Waals surface area contributed by atoms with Crippen LogP contribution in [-0.4, -0.2) is 21.2 Å². The SMILES string of the molecule is Cc1sc2nc(SCC(=O)Nc3ccccc3C(F)(F)F)n(C(C)C)c(=O)c2c1C. The van der Waals surface area contributed by atoms with Crippen molar-refractivity contribution in [1.29, 1.82) is 0 Å². The summed E-state index contributed by atoms with van der Waals surface area (Å²) in [5.74, 6) is -0.792. The van der Waals surface area contributed by atoms with Gasteiger partial charge in [0.05, 0.1) is 22.4 Å². The molecule has 0 atom stereocenters. The highest BCUT2D eigenvalue weighted by Gasteiger charge is 2.33. The van der Waals surface area contributed by atoms with Gasteiger partial charge in [0.2, 0.25) is 5.91 Å². The number of carbonyl (C=O) groups excluding carboxylic acids is 1. The summed E-state index contributed by atoms with van der Waals surface area (Å²) in [5, 5.41) is 3.24. The monoisotopic (exact) mass is 455 g/mol. The van der Waals surface area contributed by atoms with Gasteiger partial charge in [0.1, 0.15) is 4.83 Å². The molecule has 0 aliphatic rings. The molecule has 0 saturated heterocycles. The standard InChI is InChI=1S/C20H20F3N3O2S2/c1-10(2)26-18(28)16-11(3)12(4)30-17(16)25-19(26)29-9-15(27)24-14-8-6-5-7-13(14)20(21,22)23/h5-8,10H,9H2,1-4H3,(H,24,27). The number of rotatable bonds is 5. The molecular formula is C20H20F3N3O2S2. The number of nitrogens with zero attached hydrogens (tertiary/aromatic N) is 2. The van der Waals surface area contributed by atoms with E-state index in [-0.39, 0.29) is 23.0 Å². The number of fused-ring (bicyclic) bond motifs is 1. The molecule has 10 heteroatoms. The number of para-hydroxylation sites is 1. The first kappa shape index (κ1) is 22.4. The number of aryl methyl sites for hydroxylation is 2. The summed E-state index contributed by atoms with van der Waals surface area (Å²) in [4.78, 5) is 31.5. The van der Waals surface area contributed by atoms with Gasteiger partial charge in [-0.15, -0.1) is 11.3 Å². The molecule has 0 radical (unpaired) electrons. The minimum atomic E-state index is -4.57. The molecule has 0 aliphatic heterocycles. The number of anilines is 1. The van der Waals surface area contributed by atoms with Gasteiger partial charge in [0.25, 0.3) is 5.56 Å². The van der Waals surface area contributed by atoms with Crippen molar-refractivity contribution in [3.8, 4) is 0 Å². The molecule has 1 amide bonds. The van der Waals surface area contributed by atoms with Crippen molar-refractivity contribution >= 4 is 44.9 Å². The van der Waals surface area contributed by atoms with Crippen LogP contribution in [0.5, 0.6) is 0 Å². The highest BCUT2D eigenvalue weighted by atomic mass is 32.2. The molecule has 5 nitrogen and oxygen atoms in total. The second-order valence-corrected chi connectivity index (χ2v) is 9.15. The smallest absolute Gasteiger partial charge is 0.325 e. The van der Waals surface area contributed by atoms with Crippen LogP contribution in [0.4, 0.5) is 18.9 Å². The van der Waals surface area contributed by atoms with Crippen LogP contribution in [0.25, 0.3) is 10.2 Å². The molecule has 0 unspecified atom stereocenters. The minimum Gasteiger partial charge on any atom is -0.325 e. The van der Waals surface area contributed by atoms with Gasteiger partial charge in [-0.25, -0.2) is 4.98 Å². The summed E-state index contributed by atoms with van der Waals surface area (Å²) in [6.45, 7) is 7.47. The molecule has 160 valence electrons. The van der Waals surface area contributed by atoms with Crippen LogP contribution in [0.2, 0.25) is 0 Å². The molecule has 0 spiro atoms. The van der Waals surface area contributed by atoms with Gasteiger partial charge in [0.15, 0.2) is 5.16 Å². The summed E-state index contributed by atoms with van der Waals surface area (Å²) in [5.41, 5.74) is -0.501. The number of amides is 1. The lowest BCUT2D eigenvalue weighted by atomic mass is 10.1. The first-order chi connectivity index (χ1) is 14.0. The molecule has 2 heterocycles. The molecule has 30 heavy (non-hydrogen) atoms. The zero-order valence-corrected chi connectivity index (χ0v) is 18.4. The van der Waals surface area contributed by atoms with Gasteiger partial charge in [-0.05, 0) is 45.4 Å². The van der Waals surface area contributed by atoms with Gasteiger partial charge in [0, 0.05) is 10.9 Å². The fraction of sp³-hybridized carbons (Fsp3) is 0.350. The van der Waals surface area contributed by atoms with Crippen molar-refractivity contribution in [1.82, 2.24) is 9.55 Å². The molecule has 1 aromatic carbocycles. The highest BCUT2D eigenvalue weighted by Crippen LogP contribution is 2.35. The zero-order chi connectivity index (χ0) is 22.2. The number of benzene rings is 1. The maximum atomic E-state index is 13.1. The number of thioether (sulfide) groups is 1. The topological polar surface area (TPSA) is 64.0 Å². The van der Waals surface area contributed by atoms with Crippen LogP contribution < -0.4 is 10.9 Å². The number of hydrogen-bond acceptors (Lipinski definition) is 5. The predicted molar refractivity (Wildman–Crippen MR) is 115 cm³/mol. The molecule has 0 aliphatic carbocycles. The molecular weight excluding hydrogens is 435 g/mol. The summed E-state index contributed by atoms with van der Waals surface area (Å²) < 4.78 is 40.9. The molecule has 0 fully saturated rings. The second-order valence-electron chi connectivity index (χ2n) is 7.01. The second kappa shape index (κ2) is 8.43. The van der Waals surface area contributed by atoms with Gasteiger partial charge in [-0.3, -0.25) is 14.2 Å². The van der Waals surface area contributed by atoms with Crippen LogP contribution in [-0.2, 0) is 11.0 Å². The summed E-state index contributed by atoms with van der Waals surface area (Å²) in [7, 11) is 0. The van der Waals surface area contributed by atoms with Gasteiger partial charge in [-0.2, -0.15) is 13.2 Å². The van der Waals surface area contributed by atoms with Crippen molar-refractivity contribution in [2.75, 3.05) is 11.1 Å². The van der Waals surface area contributed by atoms with E-state index >= 15 is 0 Å². The van der Waals surface area contributed by atoms with Crippen LogP contribution in [0.1, 0.15) is 35.9 Å². The van der Waals surface area contributed by atoms with Crippen LogP contribution >= 0.6 is 23.1 Å². The zero-order valence-electron chi connectivity index (χ0n) is 16.8. The largest absolute Gasteiger partial charge is 0.418 e. The van der Waals surface area contributed by atoms with Gasteiger partial charge in [-0.1, -0.05) is 23.9 Å². The van der Waals surface area contributed by atoms with E-state index in [4.69, 9.17) is 0 Å². The highest BCUT2D eigenvalue weighted by molar-refractivity contribution is 7.99. The number of halogens is 3. The van der Waals surface area contributed by atoms with E-state index < -0.39 is 17.6 Å². The van der Waals surface area contributed by atoms with Crippen molar-refractivity contribution in [3.63, 3.8) is 0 Å². The number of aromatic nitrogens is 2. The van der Waals surface area contributed by atoms with Gasteiger partial charge >= 0.3 is 6.18 Å². The third-order valence-corrected chi connectivity index (χ3v) is 6.61. The third kappa shape index (κ3) is 4.39. The Bertz CT molecular complexity index is 1170. The van der Waals surface area contributed by atoms with E-state index in [1.807, 2.05) is 27.7 Å². The predicted octanol–water partition coefficient (Wildman–Crippen LogP) is 5.41. The number of thiophene rings is 1. The molecule has 3 rings (SSSR count). The first-order valence-electron chi connectivity index (χ1n) is 9.11. The Balaban J connectivity index is 1.87. The lowest BCUT2D eigenvalue weighted by Crippen LogP contribution is -2.25. The Kier molecular flexibility index (Phi) is 6.28. The van der Waals surface area contributed by atoms with Crippen LogP contribution in [0.3, 0.4) is 0 Å². The summed E-state index contributed by atoms with van der Waals surface area (Å²) in [6, 6.07) is 4.61. The van der Waals surface area contributed by atoms with E-state index in [1.165, 1.54) is 34.1 Å². The lowest BCUT2D eigenvalue weighted by Gasteiger charge is -2.16. The van der Waals surface area contributed by atoms with Crippen LogP contribution in [0, 0.1) is 13.8 Å². The van der Waals surface area contributed by atoms with Crippen LogP contribution in [0.15, 0.2) is 34.2 Å². The summed E-state index contributed by atoms with van der Waals surface area (Å²) >= 11 is 2.43. The maximum absolute atomic E-state index is 13.1. The Labute approximate surface area is 179 Å². The number of nitrogens with one attached hydrogen (secondary N) is 1. The average Bonchev–Trinajstić information content (AvgIpc) is 2.93. The number of hydrogen-bond donors (Lipinski definition) is 1. The van der Waals surface area contributed by atoms with Crippen molar-refractivity contribution in [3.05, 3.63) is 50.6 Å². The molecule has 1 N–H and O–H groups in total. The maximum Gasteiger partial charge on any atom is 0.418 e. The number of alkyl halides is 3. The third-order valence-electron chi connectivity index (χ3n) is 4.56. The fourth-order valence-corrected chi connectivity index (χ4v) is 5.00. The average molecular weight is 456 g/mol. The van der Waals surface area contributed by atoms with E-state index in [1.54, 1.807) is 0 Å². The molecule has 2 aromatic heterocycles. The minimum absolute atomic E-state index is 0.179. The lowest BCUT2D eigenvalue weighted by molar-refractivity contribution is -0.137. The molecule has 0 bridgehead atoms. The first-order valence-corrected chi connectivity index (χ1v) is 10.9. The Morgan fingerprint density at radius 2 is 1.93 bits per heavy atom. The van der Waals surface area contributed by atoms with E-state index in [0.29, 0.717) is 15.4 Å². The Morgan fingerprint density at radius 3 is 2.57 bits per heavy atom. The van der Waals surface area contributed by atoms with Crippen molar-refractivity contribution in [2.24, 2.45) is 0 Å². The molecule has 0 saturated carbocycles. The van der Waals surface area contributed by atoms with E-state index in [0.717, 1.165) is 28.3 Å². The van der Waals surface area contributed by atoms with E-state index in [9.17, 15) is 22.8 Å². The normalized spacial score (nSPS) is 12.0. The molecule has 3 aromatic rings. The number of carbonyl (C=O) groups is 1. The van der Waals surface area contributed by atoms with E-state index in [2.05, 4.69) is 10.3 Å². The van der Waals surface area contributed by atoms with Crippen molar-refractivity contribution < 1.29 is 18.0 Å². The quantitative estimate of drug-likeness (QED) is 0.413. The summed E-state index contributed by atoms with van der Waals surface area (Å²) in [6.07, 6.45) is -4.57. The fourth-order valence-electron chi connectivity index (χ4n) is 3.00. The Hall–Kier alpha value is -2.33. The van der Waals surface area contributed by atoms with Gasteiger partial charge < -0.3 is 5.32 Å².